The third-order valence-electron chi connectivity index (χ3n) is 2.14. The molecule has 0 spiro atoms. The number of aliphatic hydroxyl groups is 1. The van der Waals surface area contributed by atoms with Gasteiger partial charge in [0.25, 0.3) is 0 Å². The van der Waals surface area contributed by atoms with Gasteiger partial charge >= 0.3 is 0 Å². The minimum absolute atomic E-state index is 0.0130. The van der Waals surface area contributed by atoms with Crippen molar-refractivity contribution in [3.05, 3.63) is 26.7 Å². The van der Waals surface area contributed by atoms with Crippen LogP contribution in [0.25, 0.3) is 0 Å². The molecule has 1 unspecified atom stereocenters. The smallest absolute Gasteiger partial charge is 0.243 e. The maximum atomic E-state index is 12.2. The Labute approximate surface area is 130 Å². The summed E-state index contributed by atoms with van der Waals surface area (Å²) in [5.74, 6) is 0. The zero-order chi connectivity index (χ0) is 14.6. The lowest BCUT2D eigenvalue weighted by Crippen LogP contribution is -2.40. The van der Waals surface area contributed by atoms with E-state index in [1.165, 1.54) is 19.2 Å². The highest BCUT2D eigenvalue weighted by molar-refractivity contribution is 9.10. The summed E-state index contributed by atoms with van der Waals surface area (Å²) in [6, 6.07) is 2.07. The zero-order valence-electron chi connectivity index (χ0n) is 9.86. The molecular weight excluding hydrogens is 381 g/mol. The van der Waals surface area contributed by atoms with Crippen LogP contribution in [-0.4, -0.2) is 39.9 Å². The maximum absolute atomic E-state index is 12.2. The Kier molecular flexibility index (Phi) is 6.52. The zero-order valence-corrected chi connectivity index (χ0v) is 13.8. The van der Waals surface area contributed by atoms with Crippen molar-refractivity contribution in [2.24, 2.45) is 0 Å². The molecular formula is C10H12BrCl2NO4S. The van der Waals surface area contributed by atoms with E-state index in [-0.39, 0.29) is 21.5 Å². The SMILES string of the molecule is COCC(CO)NS(=O)(=O)c1c(Cl)cc(Br)cc1Cl. The minimum Gasteiger partial charge on any atom is -0.395 e. The molecule has 9 heteroatoms. The summed E-state index contributed by atoms with van der Waals surface area (Å²) >= 11 is 15.0. The predicted molar refractivity (Wildman–Crippen MR) is 77.2 cm³/mol. The van der Waals surface area contributed by atoms with Gasteiger partial charge in [0.2, 0.25) is 10.0 Å². The molecule has 0 aliphatic rings. The fourth-order valence-corrected chi connectivity index (χ4v) is 4.54. The van der Waals surface area contributed by atoms with Crippen LogP contribution in [0, 0.1) is 0 Å². The monoisotopic (exact) mass is 391 g/mol. The van der Waals surface area contributed by atoms with Crippen molar-refractivity contribution >= 4 is 49.2 Å². The number of nitrogens with one attached hydrogen (secondary N) is 1. The molecule has 19 heavy (non-hydrogen) atoms. The Bertz CT molecular complexity index is 529. The number of aliphatic hydroxyl groups excluding tert-OH is 1. The van der Waals surface area contributed by atoms with Crippen LogP contribution in [0.3, 0.4) is 0 Å². The lowest BCUT2D eigenvalue weighted by atomic mass is 10.4. The van der Waals surface area contributed by atoms with E-state index in [9.17, 15) is 8.42 Å². The highest BCUT2D eigenvalue weighted by Gasteiger charge is 2.25. The third-order valence-corrected chi connectivity index (χ3v) is 5.04. The quantitative estimate of drug-likeness (QED) is 0.776. The molecule has 0 aromatic heterocycles. The Morgan fingerprint density at radius 3 is 2.37 bits per heavy atom. The van der Waals surface area contributed by atoms with E-state index >= 15 is 0 Å². The Morgan fingerprint density at radius 1 is 1.42 bits per heavy atom. The van der Waals surface area contributed by atoms with Gasteiger partial charge in [-0.05, 0) is 12.1 Å². The standard InChI is InChI=1S/C10H12BrCl2NO4S/c1-18-5-7(4-15)14-19(16,17)10-8(12)2-6(11)3-9(10)13/h2-3,7,14-15H,4-5H2,1H3. The molecule has 0 fully saturated rings. The van der Waals surface area contributed by atoms with Crippen LogP contribution >= 0.6 is 39.1 Å². The molecule has 0 aliphatic heterocycles. The second-order valence-electron chi connectivity index (χ2n) is 3.65. The first-order valence-corrected chi connectivity index (χ1v) is 8.11. The van der Waals surface area contributed by atoms with Crippen molar-refractivity contribution in [2.45, 2.75) is 10.9 Å². The molecule has 0 heterocycles. The van der Waals surface area contributed by atoms with Crippen LogP contribution in [0.15, 0.2) is 21.5 Å². The summed E-state index contributed by atoms with van der Waals surface area (Å²) in [6.45, 7) is -0.375. The number of hydrogen-bond donors (Lipinski definition) is 2. The van der Waals surface area contributed by atoms with Crippen LogP contribution in [0.1, 0.15) is 0 Å². The van der Waals surface area contributed by atoms with Gasteiger partial charge in [0, 0.05) is 11.6 Å². The van der Waals surface area contributed by atoms with E-state index in [2.05, 4.69) is 20.7 Å². The number of rotatable bonds is 6. The molecule has 0 aliphatic carbocycles. The van der Waals surface area contributed by atoms with E-state index in [0.717, 1.165) is 0 Å². The number of ether oxygens (including phenoxy) is 1. The van der Waals surface area contributed by atoms with Gasteiger partial charge in [-0.15, -0.1) is 0 Å². The van der Waals surface area contributed by atoms with E-state index in [4.69, 9.17) is 33.0 Å². The van der Waals surface area contributed by atoms with Gasteiger partial charge in [0.1, 0.15) is 4.90 Å². The van der Waals surface area contributed by atoms with Gasteiger partial charge in [-0.25, -0.2) is 13.1 Å². The molecule has 1 aromatic carbocycles. The second-order valence-corrected chi connectivity index (χ2v) is 7.04. The number of benzene rings is 1. The second kappa shape index (κ2) is 7.21. The first kappa shape index (κ1) is 17.2. The number of sulfonamides is 1. The number of methoxy groups -OCH3 is 1. The number of halogens is 3. The molecule has 108 valence electrons. The largest absolute Gasteiger partial charge is 0.395 e. The summed E-state index contributed by atoms with van der Waals surface area (Å²) < 4.78 is 32.0. The van der Waals surface area contributed by atoms with Crippen LogP contribution in [0.4, 0.5) is 0 Å². The Balaban J connectivity index is 3.14. The normalized spacial score (nSPS) is 13.5. The summed E-state index contributed by atoms with van der Waals surface area (Å²) in [5.41, 5.74) is 0. The van der Waals surface area contributed by atoms with Crippen molar-refractivity contribution in [1.29, 1.82) is 0 Å². The van der Waals surface area contributed by atoms with Crippen molar-refractivity contribution in [1.82, 2.24) is 4.72 Å². The van der Waals surface area contributed by atoms with Crippen LogP contribution < -0.4 is 4.72 Å². The average molecular weight is 393 g/mol. The highest BCUT2D eigenvalue weighted by Crippen LogP contribution is 2.32. The van der Waals surface area contributed by atoms with E-state index in [1.54, 1.807) is 0 Å². The summed E-state index contributed by atoms with van der Waals surface area (Å²) in [5, 5.41) is 9.04. The maximum Gasteiger partial charge on any atom is 0.243 e. The van der Waals surface area contributed by atoms with Crippen molar-refractivity contribution in [3.63, 3.8) is 0 Å². The average Bonchev–Trinajstić information content (AvgIpc) is 2.25. The molecule has 0 amide bonds. The van der Waals surface area contributed by atoms with Crippen molar-refractivity contribution in [3.8, 4) is 0 Å². The summed E-state index contributed by atoms with van der Waals surface area (Å²) in [4.78, 5) is -0.228. The molecule has 0 radical (unpaired) electrons. The molecule has 0 saturated carbocycles. The Morgan fingerprint density at radius 2 is 1.95 bits per heavy atom. The predicted octanol–water partition coefficient (Wildman–Crippen LogP) is 2.04. The molecule has 1 atom stereocenters. The molecule has 2 N–H and O–H groups in total. The fourth-order valence-electron chi connectivity index (χ4n) is 1.39. The van der Waals surface area contributed by atoms with Crippen molar-refractivity contribution in [2.75, 3.05) is 20.3 Å². The molecule has 0 saturated heterocycles. The fraction of sp³-hybridized carbons (Fsp3) is 0.400. The van der Waals surface area contributed by atoms with Gasteiger partial charge in [-0.2, -0.15) is 0 Å². The summed E-state index contributed by atoms with van der Waals surface area (Å²) in [7, 11) is -2.55. The van der Waals surface area contributed by atoms with Gasteiger partial charge in [-0.1, -0.05) is 39.1 Å². The molecule has 1 rings (SSSR count). The first-order valence-electron chi connectivity index (χ1n) is 5.08. The van der Waals surface area contributed by atoms with E-state index in [1.807, 2.05) is 0 Å². The van der Waals surface area contributed by atoms with Gasteiger partial charge in [0.05, 0.1) is 29.3 Å². The minimum atomic E-state index is -3.95. The number of hydrogen-bond acceptors (Lipinski definition) is 4. The Hall–Kier alpha value is 0.110. The van der Waals surface area contributed by atoms with Gasteiger partial charge < -0.3 is 9.84 Å². The topological polar surface area (TPSA) is 75.6 Å². The van der Waals surface area contributed by atoms with Crippen LogP contribution in [0.5, 0.6) is 0 Å². The van der Waals surface area contributed by atoms with E-state index in [0.29, 0.717) is 4.47 Å². The van der Waals surface area contributed by atoms with Crippen LogP contribution in [-0.2, 0) is 14.8 Å². The highest BCUT2D eigenvalue weighted by atomic mass is 79.9. The van der Waals surface area contributed by atoms with Gasteiger partial charge in [-0.3, -0.25) is 0 Å². The molecule has 1 aromatic rings. The van der Waals surface area contributed by atoms with E-state index < -0.39 is 22.7 Å². The molecule has 0 bridgehead atoms. The lowest BCUT2D eigenvalue weighted by Gasteiger charge is -2.17. The van der Waals surface area contributed by atoms with Gasteiger partial charge in [0.15, 0.2) is 0 Å². The lowest BCUT2D eigenvalue weighted by molar-refractivity contribution is 0.139. The first-order chi connectivity index (χ1) is 8.81. The summed E-state index contributed by atoms with van der Waals surface area (Å²) in [6.07, 6.45) is 0. The third kappa shape index (κ3) is 4.56. The van der Waals surface area contributed by atoms with Crippen molar-refractivity contribution < 1.29 is 18.3 Å². The van der Waals surface area contributed by atoms with Crippen LogP contribution in [0.2, 0.25) is 10.0 Å². The molecule has 5 nitrogen and oxygen atoms in total.